The highest BCUT2D eigenvalue weighted by Crippen LogP contribution is 2.28. The van der Waals surface area contributed by atoms with Crippen molar-refractivity contribution >= 4 is 23.0 Å². The minimum atomic E-state index is -0.693. The summed E-state index contributed by atoms with van der Waals surface area (Å²) in [4.78, 5) is 12.3. The van der Waals surface area contributed by atoms with Gasteiger partial charge < -0.3 is 16.4 Å². The van der Waals surface area contributed by atoms with E-state index in [2.05, 4.69) is 10.6 Å². The molecule has 0 radical (unpaired) electrons. The number of hydrogen-bond donors (Lipinski definition) is 3. The van der Waals surface area contributed by atoms with E-state index in [0.717, 1.165) is 42.7 Å². The Morgan fingerprint density at radius 3 is 2.05 bits per heavy atom. The van der Waals surface area contributed by atoms with Gasteiger partial charge in [-0.15, -0.1) is 0 Å². The first-order valence-electron chi connectivity index (χ1n) is 7.68. The van der Waals surface area contributed by atoms with E-state index >= 15 is 0 Å². The molecule has 1 aliphatic rings. The molecule has 0 saturated heterocycles. The molecule has 2 aromatic rings. The summed E-state index contributed by atoms with van der Waals surface area (Å²) in [5.74, 6) is -0.0752. The topological polar surface area (TPSA) is 67.2 Å². The average Bonchev–Trinajstić information content (AvgIpc) is 2.98. The second-order valence-corrected chi connectivity index (χ2v) is 5.89. The number of nitrogens with one attached hydrogen (secondary N) is 2. The molecule has 1 fully saturated rings. The van der Waals surface area contributed by atoms with Crippen molar-refractivity contribution in [2.24, 2.45) is 5.73 Å². The predicted molar refractivity (Wildman–Crippen MR) is 90.2 cm³/mol. The minimum Gasteiger partial charge on any atom is -0.356 e. The van der Waals surface area contributed by atoms with E-state index in [4.69, 9.17) is 5.73 Å². The predicted octanol–water partition coefficient (Wildman–Crippen LogP) is 3.64. The van der Waals surface area contributed by atoms with Crippen LogP contribution in [0.3, 0.4) is 0 Å². The van der Waals surface area contributed by atoms with Crippen LogP contribution in [0.15, 0.2) is 54.6 Å². The van der Waals surface area contributed by atoms with E-state index < -0.39 is 5.54 Å². The van der Waals surface area contributed by atoms with Gasteiger partial charge in [0.25, 0.3) is 0 Å². The average molecular weight is 295 g/mol. The van der Waals surface area contributed by atoms with Crippen molar-refractivity contribution in [3.05, 3.63) is 54.6 Å². The summed E-state index contributed by atoms with van der Waals surface area (Å²) >= 11 is 0. The van der Waals surface area contributed by atoms with Gasteiger partial charge in [-0.1, -0.05) is 31.0 Å². The SMILES string of the molecule is NC1(C(=O)Nc2ccc(Nc3ccccc3)cc2)CCCC1. The molecule has 4 nitrogen and oxygen atoms in total. The molecule has 4 N–H and O–H groups in total. The Morgan fingerprint density at radius 2 is 1.41 bits per heavy atom. The number of anilines is 3. The van der Waals surface area contributed by atoms with Crippen LogP contribution in [0, 0.1) is 0 Å². The molecule has 22 heavy (non-hydrogen) atoms. The van der Waals surface area contributed by atoms with E-state index in [1.807, 2.05) is 54.6 Å². The standard InChI is InChI=1S/C18H21N3O/c19-18(12-4-5-13-18)17(22)21-16-10-8-15(9-11-16)20-14-6-2-1-3-7-14/h1-3,6-11,20H,4-5,12-13,19H2,(H,21,22). The molecule has 3 rings (SSSR count). The summed E-state index contributed by atoms with van der Waals surface area (Å²) in [7, 11) is 0. The normalized spacial score (nSPS) is 16.2. The number of rotatable bonds is 4. The fourth-order valence-electron chi connectivity index (χ4n) is 2.81. The van der Waals surface area contributed by atoms with Gasteiger partial charge in [-0.2, -0.15) is 0 Å². The number of carbonyl (C=O) groups excluding carboxylic acids is 1. The number of nitrogens with two attached hydrogens (primary N) is 1. The molecule has 1 saturated carbocycles. The van der Waals surface area contributed by atoms with E-state index in [-0.39, 0.29) is 5.91 Å². The van der Waals surface area contributed by atoms with Crippen molar-refractivity contribution < 1.29 is 4.79 Å². The minimum absolute atomic E-state index is 0.0752. The van der Waals surface area contributed by atoms with E-state index in [9.17, 15) is 4.79 Å². The quantitative estimate of drug-likeness (QED) is 0.806. The molecule has 0 heterocycles. The highest BCUT2D eigenvalue weighted by molar-refractivity contribution is 5.98. The maximum Gasteiger partial charge on any atom is 0.244 e. The van der Waals surface area contributed by atoms with Gasteiger partial charge in [0, 0.05) is 17.1 Å². The van der Waals surface area contributed by atoms with Gasteiger partial charge in [-0.05, 0) is 49.2 Å². The van der Waals surface area contributed by atoms with Crippen molar-refractivity contribution in [1.82, 2.24) is 0 Å². The van der Waals surface area contributed by atoms with Crippen molar-refractivity contribution in [3.63, 3.8) is 0 Å². The smallest absolute Gasteiger partial charge is 0.244 e. The highest BCUT2D eigenvalue weighted by atomic mass is 16.2. The Balaban J connectivity index is 1.63. The highest BCUT2D eigenvalue weighted by Gasteiger charge is 2.36. The molecule has 1 aliphatic carbocycles. The summed E-state index contributed by atoms with van der Waals surface area (Å²) in [6.07, 6.45) is 3.60. The Morgan fingerprint density at radius 1 is 0.864 bits per heavy atom. The third kappa shape index (κ3) is 3.28. The number of benzene rings is 2. The first kappa shape index (κ1) is 14.6. The van der Waals surface area contributed by atoms with Crippen LogP contribution in [-0.2, 0) is 4.79 Å². The lowest BCUT2D eigenvalue weighted by Gasteiger charge is -2.22. The molecule has 1 amide bonds. The van der Waals surface area contributed by atoms with Crippen LogP contribution in [0.2, 0.25) is 0 Å². The Labute approximate surface area is 130 Å². The van der Waals surface area contributed by atoms with Crippen molar-refractivity contribution in [2.45, 2.75) is 31.2 Å². The van der Waals surface area contributed by atoms with E-state index in [0.29, 0.717) is 0 Å². The lowest BCUT2D eigenvalue weighted by atomic mass is 9.98. The molecule has 0 unspecified atom stereocenters. The van der Waals surface area contributed by atoms with Crippen LogP contribution in [-0.4, -0.2) is 11.4 Å². The van der Waals surface area contributed by atoms with Gasteiger partial charge in [0.1, 0.15) is 0 Å². The first-order valence-corrected chi connectivity index (χ1v) is 7.68. The molecule has 0 aromatic heterocycles. The van der Waals surface area contributed by atoms with Crippen LogP contribution >= 0.6 is 0 Å². The van der Waals surface area contributed by atoms with Gasteiger partial charge >= 0.3 is 0 Å². The molecular weight excluding hydrogens is 274 g/mol. The summed E-state index contributed by atoms with van der Waals surface area (Å²) < 4.78 is 0. The number of hydrogen-bond acceptors (Lipinski definition) is 3. The lowest BCUT2D eigenvalue weighted by molar-refractivity contribution is -0.121. The third-order valence-electron chi connectivity index (χ3n) is 4.15. The van der Waals surface area contributed by atoms with Gasteiger partial charge in [0.2, 0.25) is 5.91 Å². The molecule has 114 valence electrons. The molecule has 4 heteroatoms. The number of para-hydroxylation sites is 1. The van der Waals surface area contributed by atoms with E-state index in [1.54, 1.807) is 0 Å². The van der Waals surface area contributed by atoms with Crippen LogP contribution in [0.5, 0.6) is 0 Å². The first-order chi connectivity index (χ1) is 10.7. The van der Waals surface area contributed by atoms with Gasteiger partial charge in [-0.3, -0.25) is 4.79 Å². The van der Waals surface area contributed by atoms with Gasteiger partial charge in [0.15, 0.2) is 0 Å². The molecule has 0 atom stereocenters. The maximum absolute atomic E-state index is 12.3. The van der Waals surface area contributed by atoms with E-state index in [1.165, 1.54) is 0 Å². The summed E-state index contributed by atoms with van der Waals surface area (Å²) in [5, 5.41) is 6.23. The maximum atomic E-state index is 12.3. The monoisotopic (exact) mass is 295 g/mol. The van der Waals surface area contributed by atoms with Crippen LogP contribution in [0.25, 0.3) is 0 Å². The largest absolute Gasteiger partial charge is 0.356 e. The summed E-state index contributed by atoms with van der Waals surface area (Å²) in [5.41, 5.74) is 8.26. The van der Waals surface area contributed by atoms with Crippen molar-refractivity contribution in [3.8, 4) is 0 Å². The second kappa shape index (κ2) is 6.20. The number of amides is 1. The van der Waals surface area contributed by atoms with Gasteiger partial charge in [0.05, 0.1) is 5.54 Å². The van der Waals surface area contributed by atoms with Crippen LogP contribution < -0.4 is 16.4 Å². The van der Waals surface area contributed by atoms with Crippen LogP contribution in [0.4, 0.5) is 17.1 Å². The fraction of sp³-hybridized carbons (Fsp3) is 0.278. The zero-order chi connectivity index (χ0) is 15.4. The van der Waals surface area contributed by atoms with Crippen LogP contribution in [0.1, 0.15) is 25.7 Å². The summed E-state index contributed by atoms with van der Waals surface area (Å²) in [6, 6.07) is 17.6. The zero-order valence-corrected chi connectivity index (χ0v) is 12.5. The zero-order valence-electron chi connectivity index (χ0n) is 12.5. The molecule has 0 aliphatic heterocycles. The molecular formula is C18H21N3O. The van der Waals surface area contributed by atoms with Crippen molar-refractivity contribution in [1.29, 1.82) is 0 Å². The number of carbonyl (C=O) groups is 1. The molecule has 2 aromatic carbocycles. The Bertz CT molecular complexity index is 631. The Hall–Kier alpha value is -2.33. The molecule has 0 bridgehead atoms. The Kier molecular flexibility index (Phi) is 4.11. The summed E-state index contributed by atoms with van der Waals surface area (Å²) in [6.45, 7) is 0. The third-order valence-corrected chi connectivity index (χ3v) is 4.15. The second-order valence-electron chi connectivity index (χ2n) is 5.89. The molecule has 0 spiro atoms. The lowest BCUT2D eigenvalue weighted by Crippen LogP contribution is -2.48. The van der Waals surface area contributed by atoms with Gasteiger partial charge in [-0.25, -0.2) is 0 Å². The van der Waals surface area contributed by atoms with Crippen molar-refractivity contribution in [2.75, 3.05) is 10.6 Å². The fourth-order valence-corrected chi connectivity index (χ4v) is 2.81.